The Bertz CT molecular complexity index is 1390. The smallest absolute Gasteiger partial charge is 0.235 e. The minimum absolute atomic E-state index is 0.159. The number of nitrogens with zero attached hydrogens (tertiary/aromatic N) is 2. The van der Waals surface area contributed by atoms with Gasteiger partial charge in [-0.25, -0.2) is 0 Å². The molecule has 0 atom stereocenters. The molecule has 0 amide bonds. The van der Waals surface area contributed by atoms with Gasteiger partial charge in [-0.05, 0) is 55.5 Å². The van der Waals surface area contributed by atoms with Crippen LogP contribution in [0.2, 0.25) is 0 Å². The lowest BCUT2D eigenvalue weighted by molar-refractivity contribution is -0.892. The molecule has 0 spiro atoms. The molecule has 0 saturated heterocycles. The normalized spacial score (nSPS) is 10.5. The zero-order valence-corrected chi connectivity index (χ0v) is 28.0. The predicted molar refractivity (Wildman–Crippen MR) is 182 cm³/mol. The van der Waals surface area contributed by atoms with Crippen LogP contribution in [0.1, 0.15) is 43.4 Å². The molecule has 46 heavy (non-hydrogen) atoms. The van der Waals surface area contributed by atoms with Crippen molar-refractivity contribution in [1.29, 1.82) is 0 Å². The monoisotopic (exact) mass is 656 g/mol. The summed E-state index contributed by atoms with van der Waals surface area (Å²) in [6, 6.07) is 38.6. The summed E-state index contributed by atoms with van der Waals surface area (Å²) in [4.78, 5) is 12.1. The van der Waals surface area contributed by atoms with E-state index in [0.717, 1.165) is 16.2 Å². The van der Waals surface area contributed by atoms with Crippen LogP contribution in [0.25, 0.3) is 0 Å². The Morgan fingerprint density at radius 1 is 0.609 bits per heavy atom. The summed E-state index contributed by atoms with van der Waals surface area (Å²) in [7, 11) is -2.23. The highest BCUT2D eigenvalue weighted by Gasteiger charge is 2.35. The third-order valence-corrected chi connectivity index (χ3v) is 7.35. The standard InChI is InChI=1S/C22H21BO3.2C7H9NOS/c24-23(25)26-18-10-17-22(19-11-4-1-5-12-19,20-13-6-2-7-14-20)21-15-8-3-9-16-21;2*1-2-9-8-5-3-4-7(10)6-8/h1-9,11-16H,10,17-18H2;2*3-6H,2H2,1H3/q-2;;/p+2. The Kier molecular flexibility index (Phi) is 16.2. The minimum Gasteiger partial charge on any atom is -0.871 e. The van der Waals surface area contributed by atoms with Gasteiger partial charge in [0.15, 0.2) is 13.2 Å². The van der Waals surface area contributed by atoms with Crippen LogP contribution in [-0.2, 0) is 10.1 Å². The van der Waals surface area contributed by atoms with Crippen molar-refractivity contribution in [3.63, 3.8) is 0 Å². The number of hydrogen-bond acceptors (Lipinski definition) is 7. The van der Waals surface area contributed by atoms with Crippen molar-refractivity contribution in [1.82, 2.24) is 0 Å². The van der Waals surface area contributed by atoms with Gasteiger partial charge >= 0.3 is 0 Å². The van der Waals surface area contributed by atoms with E-state index in [2.05, 4.69) is 61.7 Å². The van der Waals surface area contributed by atoms with Crippen molar-refractivity contribution in [2.75, 3.05) is 19.8 Å². The molecule has 0 radical (unpaired) electrons. The van der Waals surface area contributed by atoms with Crippen molar-refractivity contribution >= 4 is 32.6 Å². The van der Waals surface area contributed by atoms with Crippen molar-refractivity contribution in [3.05, 3.63) is 157 Å². The maximum atomic E-state index is 10.7. The molecule has 0 bridgehead atoms. The molecular formula is C36H41BN2O5S2. The zero-order chi connectivity index (χ0) is 33.0. The summed E-state index contributed by atoms with van der Waals surface area (Å²) >= 11 is 8.29. The molecule has 5 rings (SSSR count). The average molecular weight is 657 g/mol. The van der Waals surface area contributed by atoms with E-state index in [1.54, 1.807) is 9.46 Å². The highest BCUT2D eigenvalue weighted by molar-refractivity contribution is 7.80. The Hall–Kier alpha value is -3.80. The number of hydrogen-bond donors (Lipinski definition) is 2. The van der Waals surface area contributed by atoms with E-state index in [4.69, 9.17) is 14.3 Å². The Labute approximate surface area is 284 Å². The van der Waals surface area contributed by atoms with Gasteiger partial charge in [-0.1, -0.05) is 91.0 Å². The lowest BCUT2D eigenvalue weighted by Gasteiger charge is -2.37. The summed E-state index contributed by atoms with van der Waals surface area (Å²) in [6.07, 6.45) is 8.64. The van der Waals surface area contributed by atoms with Crippen molar-refractivity contribution in [3.8, 4) is 0 Å². The first kappa shape index (κ1) is 36.7. The lowest BCUT2D eigenvalue weighted by atomic mass is 9.67. The van der Waals surface area contributed by atoms with Gasteiger partial charge in [0.25, 0.3) is 0 Å². The van der Waals surface area contributed by atoms with Crippen LogP contribution in [0.4, 0.5) is 0 Å². The summed E-state index contributed by atoms with van der Waals surface area (Å²) in [5.74, 6) is 0. The Morgan fingerprint density at radius 2 is 1.00 bits per heavy atom. The van der Waals surface area contributed by atoms with Crippen LogP contribution >= 0.6 is 25.3 Å². The van der Waals surface area contributed by atoms with Gasteiger partial charge in [-0.15, -0.1) is 25.3 Å². The topological polar surface area (TPSA) is 81.6 Å². The van der Waals surface area contributed by atoms with Crippen LogP contribution in [0.3, 0.4) is 0 Å². The molecule has 240 valence electrons. The third-order valence-electron chi connectivity index (χ3n) is 6.83. The second-order valence-electron chi connectivity index (χ2n) is 9.95. The maximum absolute atomic E-state index is 10.7. The summed E-state index contributed by atoms with van der Waals surface area (Å²) in [5.41, 5.74) is 3.17. The lowest BCUT2D eigenvalue weighted by Crippen LogP contribution is -2.48. The van der Waals surface area contributed by atoms with Gasteiger partial charge in [0.05, 0.1) is 17.1 Å². The fraction of sp³-hybridized carbons (Fsp3) is 0.222. The fourth-order valence-electron chi connectivity index (χ4n) is 4.96. The number of aromatic nitrogens is 2. The van der Waals surface area contributed by atoms with E-state index in [1.807, 2.05) is 117 Å². The number of thiol groups is 2. The molecule has 0 saturated carbocycles. The van der Waals surface area contributed by atoms with Crippen molar-refractivity contribution < 1.29 is 33.8 Å². The van der Waals surface area contributed by atoms with Gasteiger partial charge in [0, 0.05) is 33.6 Å². The molecule has 5 aromatic rings. The number of pyridine rings is 2. The van der Waals surface area contributed by atoms with Gasteiger partial charge in [-0.2, -0.15) is 0 Å². The summed E-state index contributed by atoms with van der Waals surface area (Å²) in [6.45, 7) is 5.38. The van der Waals surface area contributed by atoms with E-state index in [1.165, 1.54) is 16.7 Å². The molecule has 2 aromatic heterocycles. The van der Waals surface area contributed by atoms with Crippen LogP contribution < -0.4 is 29.2 Å². The molecule has 0 aliphatic heterocycles. The highest BCUT2D eigenvalue weighted by atomic mass is 32.1. The van der Waals surface area contributed by atoms with E-state index < -0.39 is 7.32 Å². The molecule has 10 heteroatoms. The molecule has 7 nitrogen and oxygen atoms in total. The largest absolute Gasteiger partial charge is 0.871 e. The van der Waals surface area contributed by atoms with Gasteiger partial charge in [0.2, 0.25) is 24.8 Å². The van der Waals surface area contributed by atoms with Crippen LogP contribution in [0, 0.1) is 0 Å². The van der Waals surface area contributed by atoms with Crippen LogP contribution in [0.15, 0.2) is 150 Å². The molecule has 0 N–H and O–H groups in total. The second-order valence-corrected chi connectivity index (χ2v) is 11.0. The van der Waals surface area contributed by atoms with E-state index >= 15 is 0 Å². The van der Waals surface area contributed by atoms with Crippen molar-refractivity contribution in [2.45, 2.75) is 41.9 Å². The first-order valence-corrected chi connectivity index (χ1v) is 16.1. The Morgan fingerprint density at radius 3 is 1.33 bits per heavy atom. The molecule has 2 heterocycles. The maximum Gasteiger partial charge on any atom is 0.235 e. The van der Waals surface area contributed by atoms with Gasteiger partial charge in [-0.3, -0.25) is 9.68 Å². The molecule has 0 fully saturated rings. The number of rotatable bonds is 12. The third kappa shape index (κ3) is 11.9. The van der Waals surface area contributed by atoms with Gasteiger partial charge < -0.3 is 14.7 Å². The SMILES string of the molecule is CCO[n+]1cccc(S)c1.CCO[n+]1cccc(S)c1.[O-]B([O-])OCCCC(c1ccccc1)(c1ccccc1)c1ccccc1. The Balaban J connectivity index is 0.000000235. The first-order valence-electron chi connectivity index (χ1n) is 15.2. The summed E-state index contributed by atoms with van der Waals surface area (Å²) < 4.78 is 8.02. The quantitative estimate of drug-likeness (QED) is 0.0700. The minimum atomic E-state index is -2.23. The highest BCUT2D eigenvalue weighted by Crippen LogP contribution is 2.42. The molecular weight excluding hydrogens is 615 g/mol. The van der Waals surface area contributed by atoms with Gasteiger partial charge in [0.1, 0.15) is 0 Å². The zero-order valence-electron chi connectivity index (χ0n) is 26.2. The summed E-state index contributed by atoms with van der Waals surface area (Å²) in [5, 5.41) is 21.4. The van der Waals surface area contributed by atoms with E-state index in [0.29, 0.717) is 19.6 Å². The van der Waals surface area contributed by atoms with E-state index in [9.17, 15) is 10.0 Å². The first-order chi connectivity index (χ1) is 22.4. The van der Waals surface area contributed by atoms with E-state index in [-0.39, 0.29) is 12.0 Å². The average Bonchev–Trinajstić information content (AvgIpc) is 3.07. The second kappa shape index (κ2) is 20.4. The van der Waals surface area contributed by atoms with Crippen LogP contribution in [0.5, 0.6) is 0 Å². The number of benzene rings is 3. The molecule has 0 unspecified atom stereocenters. The molecule has 0 aliphatic carbocycles. The molecule has 0 aliphatic rings. The fourth-order valence-corrected chi connectivity index (χ4v) is 5.36. The van der Waals surface area contributed by atoms with Crippen LogP contribution in [-0.4, -0.2) is 27.1 Å². The van der Waals surface area contributed by atoms with Crippen molar-refractivity contribution in [2.24, 2.45) is 0 Å². The molecule has 3 aromatic carbocycles. The predicted octanol–water partition coefficient (Wildman–Crippen LogP) is 3.95.